The van der Waals surface area contributed by atoms with Gasteiger partial charge in [0.2, 0.25) is 0 Å². The minimum atomic E-state index is -4.73. The van der Waals surface area contributed by atoms with Gasteiger partial charge < -0.3 is 14.2 Å². The minimum absolute atomic E-state index is 0.147. The van der Waals surface area contributed by atoms with Crippen LogP contribution in [-0.2, 0) is 15.7 Å². The van der Waals surface area contributed by atoms with Crippen LogP contribution in [0.1, 0.15) is 78.7 Å². The van der Waals surface area contributed by atoms with E-state index in [9.17, 15) is 22.8 Å². The average Bonchev–Trinajstić information content (AvgIpc) is 3.00. The van der Waals surface area contributed by atoms with Gasteiger partial charge in [-0.2, -0.15) is 13.2 Å². The molecule has 6 nitrogen and oxygen atoms in total. The molecule has 5 rings (SSSR count). The number of ether oxygens (including phenoxy) is 3. The largest absolute Gasteiger partial charge is 0.488 e. The van der Waals surface area contributed by atoms with Gasteiger partial charge in [-0.3, -0.25) is 4.90 Å². The van der Waals surface area contributed by atoms with Crippen LogP contribution >= 0.6 is 0 Å². The Morgan fingerprint density at radius 3 is 2.36 bits per heavy atom. The van der Waals surface area contributed by atoms with E-state index in [-0.39, 0.29) is 6.54 Å². The molecule has 0 N–H and O–H groups in total. The molecular weight excluding hydrogens is 583 g/mol. The third kappa shape index (κ3) is 6.92. The van der Waals surface area contributed by atoms with Gasteiger partial charge in [-0.25, -0.2) is 9.59 Å². The fraction of sp³-hybridized carbons (Fsp3) is 0.333. The lowest BCUT2D eigenvalue weighted by molar-refractivity contribution is -0.138. The fourth-order valence-corrected chi connectivity index (χ4v) is 5.94. The molecule has 4 aromatic carbocycles. The number of nitrogens with zero attached hydrogens (tertiary/aromatic N) is 1. The Morgan fingerprint density at radius 1 is 0.956 bits per heavy atom. The number of halogens is 3. The quantitative estimate of drug-likeness (QED) is 0.202. The Kier molecular flexibility index (Phi) is 8.83. The van der Waals surface area contributed by atoms with Crippen LogP contribution in [0.2, 0.25) is 0 Å². The number of carbonyl (C=O) groups is 2. The molecule has 0 fully saturated rings. The van der Waals surface area contributed by atoms with Crippen molar-refractivity contribution in [2.24, 2.45) is 0 Å². The van der Waals surface area contributed by atoms with Crippen molar-refractivity contribution in [1.29, 1.82) is 0 Å². The molecule has 0 saturated heterocycles. The SMILES string of the molecule is COC(=O)c1cc(C2C[C@H](CN(C(=O)OC(C)(C)C)[C@H](C)c3cccc4ccccc34)Oc3ccccc32)ccc1C(F)(F)F. The zero-order valence-corrected chi connectivity index (χ0v) is 25.9. The van der Waals surface area contributed by atoms with Crippen LogP contribution < -0.4 is 4.74 Å². The van der Waals surface area contributed by atoms with Crippen molar-refractivity contribution in [1.82, 2.24) is 4.90 Å². The zero-order chi connectivity index (χ0) is 32.5. The van der Waals surface area contributed by atoms with Crippen molar-refractivity contribution in [2.45, 2.75) is 64.0 Å². The van der Waals surface area contributed by atoms with Crippen molar-refractivity contribution < 1.29 is 37.0 Å². The smallest absolute Gasteiger partial charge is 0.417 e. The summed E-state index contributed by atoms with van der Waals surface area (Å²) in [5.74, 6) is -0.930. The standard InChI is InChI=1S/C36H36F3NO5/c1-22(26-15-10-12-23-11-6-7-13-27(23)26)40(34(42)45-35(2,3)4)21-25-20-29(28-14-8-9-16-32(28)44-25)24-17-18-31(36(37,38)39)30(19-24)33(41)43-5/h6-19,22,25,29H,20-21H2,1-5H3/t22-,25-,29?/m1/s1. The molecular formula is C36H36F3NO5. The molecule has 9 heteroatoms. The molecule has 0 aliphatic carbocycles. The fourth-order valence-electron chi connectivity index (χ4n) is 5.94. The Labute approximate surface area is 260 Å². The van der Waals surface area contributed by atoms with E-state index in [1.807, 2.05) is 67.6 Å². The topological polar surface area (TPSA) is 65.1 Å². The summed E-state index contributed by atoms with van der Waals surface area (Å²) >= 11 is 0. The number of amides is 1. The molecule has 0 saturated carbocycles. The number of alkyl halides is 3. The molecule has 1 aliphatic heterocycles. The third-order valence-electron chi connectivity index (χ3n) is 8.01. The van der Waals surface area contributed by atoms with Crippen molar-refractivity contribution in [3.63, 3.8) is 0 Å². The second kappa shape index (κ2) is 12.5. The number of rotatable bonds is 6. The van der Waals surface area contributed by atoms with Gasteiger partial charge in [0.25, 0.3) is 0 Å². The van der Waals surface area contributed by atoms with Gasteiger partial charge in [-0.1, -0.05) is 66.7 Å². The normalized spacial score (nSPS) is 17.2. The van der Waals surface area contributed by atoms with Gasteiger partial charge >= 0.3 is 18.2 Å². The molecule has 0 aromatic heterocycles. The lowest BCUT2D eigenvalue weighted by Gasteiger charge is -2.38. The highest BCUT2D eigenvalue weighted by atomic mass is 19.4. The molecule has 0 bridgehead atoms. The number of benzene rings is 4. The Balaban J connectivity index is 1.54. The Hall–Kier alpha value is -4.53. The number of hydrogen-bond acceptors (Lipinski definition) is 5. The van der Waals surface area contributed by atoms with E-state index in [4.69, 9.17) is 14.2 Å². The maximum Gasteiger partial charge on any atom is 0.417 e. The van der Waals surface area contributed by atoms with Gasteiger partial charge in [0.15, 0.2) is 0 Å². The highest BCUT2D eigenvalue weighted by Crippen LogP contribution is 2.43. The maximum atomic E-state index is 13.8. The van der Waals surface area contributed by atoms with E-state index < -0.39 is 53.0 Å². The molecule has 1 amide bonds. The number of carbonyl (C=O) groups excluding carboxylic acids is 2. The molecule has 1 unspecified atom stereocenters. The Morgan fingerprint density at radius 2 is 1.64 bits per heavy atom. The number of fused-ring (bicyclic) bond motifs is 2. The van der Waals surface area contributed by atoms with Crippen LogP contribution in [0.5, 0.6) is 5.75 Å². The van der Waals surface area contributed by atoms with Gasteiger partial charge in [0.1, 0.15) is 17.5 Å². The number of para-hydroxylation sites is 1. The number of methoxy groups -OCH3 is 1. The first-order valence-electron chi connectivity index (χ1n) is 14.8. The predicted molar refractivity (Wildman–Crippen MR) is 165 cm³/mol. The van der Waals surface area contributed by atoms with Gasteiger partial charge in [-0.05, 0) is 74.2 Å². The molecule has 4 aromatic rings. The lowest BCUT2D eigenvalue weighted by Crippen LogP contribution is -2.45. The van der Waals surface area contributed by atoms with E-state index in [0.29, 0.717) is 17.7 Å². The summed E-state index contributed by atoms with van der Waals surface area (Å²) in [6.45, 7) is 7.50. The average molecular weight is 620 g/mol. The monoisotopic (exact) mass is 619 g/mol. The number of esters is 1. The number of hydrogen-bond donors (Lipinski definition) is 0. The summed E-state index contributed by atoms with van der Waals surface area (Å²) in [4.78, 5) is 27.9. The maximum absolute atomic E-state index is 13.8. The van der Waals surface area contributed by atoms with Gasteiger partial charge in [-0.15, -0.1) is 0 Å². The predicted octanol–water partition coefficient (Wildman–Crippen LogP) is 8.93. The summed E-state index contributed by atoms with van der Waals surface area (Å²) in [5.41, 5.74) is -0.138. The van der Waals surface area contributed by atoms with Crippen molar-refractivity contribution in [3.05, 3.63) is 113 Å². The van der Waals surface area contributed by atoms with Gasteiger partial charge in [0.05, 0.1) is 30.8 Å². The van der Waals surface area contributed by atoms with Crippen molar-refractivity contribution >= 4 is 22.8 Å². The van der Waals surface area contributed by atoms with E-state index in [2.05, 4.69) is 0 Å². The van der Waals surface area contributed by atoms with Gasteiger partial charge in [0, 0.05) is 11.5 Å². The van der Waals surface area contributed by atoms with Crippen molar-refractivity contribution in [2.75, 3.05) is 13.7 Å². The van der Waals surface area contributed by atoms with Crippen LogP contribution in [0.15, 0.2) is 84.9 Å². The van der Waals surface area contributed by atoms with E-state index >= 15 is 0 Å². The van der Waals surface area contributed by atoms with E-state index in [0.717, 1.165) is 35.1 Å². The highest BCUT2D eigenvalue weighted by Gasteiger charge is 2.38. The summed E-state index contributed by atoms with van der Waals surface area (Å²) in [5, 5.41) is 2.05. The first kappa shape index (κ1) is 31.9. The highest BCUT2D eigenvalue weighted by molar-refractivity contribution is 5.91. The zero-order valence-electron chi connectivity index (χ0n) is 25.9. The first-order valence-corrected chi connectivity index (χ1v) is 14.8. The van der Waals surface area contributed by atoms with Crippen LogP contribution in [0.3, 0.4) is 0 Å². The molecule has 236 valence electrons. The van der Waals surface area contributed by atoms with Crippen LogP contribution in [-0.4, -0.2) is 42.3 Å². The lowest BCUT2D eigenvalue weighted by atomic mass is 9.82. The molecule has 0 spiro atoms. The molecule has 45 heavy (non-hydrogen) atoms. The van der Waals surface area contributed by atoms with E-state index in [1.54, 1.807) is 31.7 Å². The Bertz CT molecular complexity index is 1710. The molecule has 1 aliphatic rings. The summed E-state index contributed by atoms with van der Waals surface area (Å²) < 4.78 is 58.4. The third-order valence-corrected chi connectivity index (χ3v) is 8.01. The van der Waals surface area contributed by atoms with Crippen molar-refractivity contribution in [3.8, 4) is 5.75 Å². The molecule has 3 atom stereocenters. The van der Waals surface area contributed by atoms with Crippen LogP contribution in [0.4, 0.5) is 18.0 Å². The second-order valence-electron chi connectivity index (χ2n) is 12.2. The first-order chi connectivity index (χ1) is 21.3. The van der Waals surface area contributed by atoms with E-state index in [1.165, 1.54) is 12.1 Å². The summed E-state index contributed by atoms with van der Waals surface area (Å²) in [7, 11) is 1.05. The second-order valence-corrected chi connectivity index (χ2v) is 12.2. The summed E-state index contributed by atoms with van der Waals surface area (Å²) in [6.07, 6.45) is -5.45. The molecule has 0 radical (unpaired) electrons. The minimum Gasteiger partial charge on any atom is -0.488 e. The van der Waals surface area contributed by atoms with Crippen LogP contribution in [0.25, 0.3) is 10.8 Å². The summed E-state index contributed by atoms with van der Waals surface area (Å²) in [6, 6.07) is 24.4. The van der Waals surface area contributed by atoms with Crippen LogP contribution in [0, 0.1) is 0 Å². The molecule has 1 heterocycles.